The number of imide groups is 1. The van der Waals surface area contributed by atoms with Crippen molar-refractivity contribution in [1.29, 1.82) is 0 Å². The second kappa shape index (κ2) is 23.2. The number of halogens is 3. The summed E-state index contributed by atoms with van der Waals surface area (Å²) >= 11 is 12.9. The van der Waals surface area contributed by atoms with Gasteiger partial charge in [-0.3, -0.25) is 0 Å². The molecule has 14 nitrogen and oxygen atoms in total. The maximum absolute atomic E-state index is 13.0. The molecule has 0 spiro atoms. The van der Waals surface area contributed by atoms with Crippen molar-refractivity contribution < 1.29 is 28.5 Å². The van der Waals surface area contributed by atoms with Crippen molar-refractivity contribution in [2.45, 2.75) is 105 Å². The van der Waals surface area contributed by atoms with Gasteiger partial charge < -0.3 is 24.7 Å². The largest absolute Gasteiger partial charge is 0.467 e. The van der Waals surface area contributed by atoms with E-state index in [1.165, 1.54) is 25.3 Å². The van der Waals surface area contributed by atoms with Gasteiger partial charge in [-0.1, -0.05) is 112 Å². The average molecular weight is 974 g/mol. The maximum Gasteiger partial charge on any atom is 0.420 e. The van der Waals surface area contributed by atoms with E-state index in [1.807, 2.05) is 48.5 Å². The number of rotatable bonds is 11. The molecule has 2 heterocycles. The van der Waals surface area contributed by atoms with Crippen LogP contribution in [0.4, 0.5) is 9.59 Å². The minimum absolute atomic E-state index is 0. The summed E-state index contributed by atoms with van der Waals surface area (Å²) in [7, 11) is 3.00. The van der Waals surface area contributed by atoms with E-state index in [0.717, 1.165) is 21.6 Å². The molecule has 356 valence electrons. The van der Waals surface area contributed by atoms with E-state index in [1.54, 1.807) is 65.8 Å². The monoisotopic (exact) mass is 972 g/mol. The van der Waals surface area contributed by atoms with E-state index in [2.05, 4.69) is 69.7 Å². The van der Waals surface area contributed by atoms with Gasteiger partial charge in [-0.05, 0) is 99.9 Å². The third-order valence-corrected chi connectivity index (χ3v) is 10.3. The van der Waals surface area contributed by atoms with Gasteiger partial charge in [-0.25, -0.2) is 24.5 Å². The molecule has 4 aromatic carbocycles. The maximum atomic E-state index is 13.0. The molecule has 0 aliphatic rings. The quantitative estimate of drug-likeness (QED) is 0.130. The third kappa shape index (κ3) is 15.0. The summed E-state index contributed by atoms with van der Waals surface area (Å²) in [6, 6.07) is 27.2. The zero-order valence-corrected chi connectivity index (χ0v) is 42.3. The first kappa shape index (κ1) is 53.7. The molecule has 2 aromatic heterocycles. The Bertz CT molecular complexity index is 2610. The Morgan fingerprint density at radius 2 is 0.925 bits per heavy atom. The van der Waals surface area contributed by atoms with Crippen LogP contribution in [-0.4, -0.2) is 72.4 Å². The van der Waals surface area contributed by atoms with Gasteiger partial charge in [0.1, 0.15) is 11.2 Å². The predicted octanol–water partition coefficient (Wildman–Crippen LogP) is 12.5. The van der Waals surface area contributed by atoms with Gasteiger partial charge in [0.05, 0.1) is 30.8 Å². The molecule has 6 rings (SSSR count). The van der Waals surface area contributed by atoms with E-state index in [4.69, 9.17) is 47.9 Å². The molecule has 0 unspecified atom stereocenters. The normalized spacial score (nSPS) is 11.3. The summed E-state index contributed by atoms with van der Waals surface area (Å²) in [4.78, 5) is 53.7. The number of nitrogens with two attached hydrogens (primary N) is 1. The fourth-order valence-corrected chi connectivity index (χ4v) is 6.57. The number of amides is 2. The van der Waals surface area contributed by atoms with Gasteiger partial charge in [0.25, 0.3) is 0 Å². The molecule has 0 saturated carbocycles. The molecule has 0 atom stereocenters. The van der Waals surface area contributed by atoms with Crippen LogP contribution in [0.15, 0.2) is 84.9 Å². The molecule has 2 N–H and O–H groups in total. The van der Waals surface area contributed by atoms with Crippen LogP contribution in [0.2, 0.25) is 10.0 Å². The molecule has 0 bridgehead atoms. The standard InChI is InChI=1S/C30H37ClN4O5.C20H21ClN4O.ClH/c1-18(2)20-11-13-21(14-12-20)24-32-25(34-26(33-24)38-9)22-16-19(10-15-23(22)31)17-35(27(36)39-29(3,4)5)28(37)40-30(6,7)8;1-12(2)14-5-7-15(8-6-14)18-23-19(25-20(24-18)26-3)16-10-13(11-22)4-9-17(16)21;/h10-16,18H,17H2,1-9H3;4-10,12H,11,22H2,1-3H3;1H. The van der Waals surface area contributed by atoms with Crippen LogP contribution in [0.3, 0.4) is 0 Å². The summed E-state index contributed by atoms with van der Waals surface area (Å²) in [6.45, 7) is 19.2. The van der Waals surface area contributed by atoms with E-state index in [9.17, 15) is 9.59 Å². The van der Waals surface area contributed by atoms with Gasteiger partial charge in [0.2, 0.25) is 0 Å². The summed E-state index contributed by atoms with van der Waals surface area (Å²) in [6.07, 6.45) is -1.65. The number of benzene rings is 4. The highest BCUT2D eigenvalue weighted by Crippen LogP contribution is 2.32. The molecule has 0 aliphatic carbocycles. The van der Waals surface area contributed by atoms with Crippen LogP contribution in [0.1, 0.15) is 103 Å². The van der Waals surface area contributed by atoms with E-state index in [-0.39, 0.29) is 36.8 Å². The molecule has 17 heteroatoms. The number of hydrogen-bond acceptors (Lipinski definition) is 13. The zero-order chi connectivity index (χ0) is 48.5. The number of methoxy groups -OCH3 is 2. The number of nitrogens with zero attached hydrogens (tertiary/aromatic N) is 7. The average Bonchev–Trinajstić information content (AvgIpc) is 3.27. The number of aromatic nitrogens is 6. The third-order valence-electron chi connectivity index (χ3n) is 9.61. The lowest BCUT2D eigenvalue weighted by molar-refractivity contribution is -0.000263. The fraction of sp³-hybridized carbons (Fsp3) is 0.360. The summed E-state index contributed by atoms with van der Waals surface area (Å²) in [5, 5.41) is 0.927. The lowest BCUT2D eigenvalue weighted by Crippen LogP contribution is -2.43. The second-order valence-electron chi connectivity index (χ2n) is 17.9. The predicted molar refractivity (Wildman–Crippen MR) is 266 cm³/mol. The highest BCUT2D eigenvalue weighted by atomic mass is 35.5. The topological polar surface area (TPSA) is 178 Å². The summed E-state index contributed by atoms with van der Waals surface area (Å²) < 4.78 is 21.6. The Morgan fingerprint density at radius 1 is 0.567 bits per heavy atom. The second-order valence-corrected chi connectivity index (χ2v) is 18.7. The van der Waals surface area contributed by atoms with E-state index >= 15 is 0 Å². The van der Waals surface area contributed by atoms with E-state index < -0.39 is 23.4 Å². The minimum Gasteiger partial charge on any atom is -0.467 e. The Hall–Kier alpha value is -5.93. The zero-order valence-electron chi connectivity index (χ0n) is 40.0. The van der Waals surface area contributed by atoms with Gasteiger partial charge >= 0.3 is 24.2 Å². The Morgan fingerprint density at radius 3 is 1.27 bits per heavy atom. The Kier molecular flexibility index (Phi) is 18.6. The first-order valence-electron chi connectivity index (χ1n) is 21.4. The van der Waals surface area contributed by atoms with Crippen molar-refractivity contribution in [2.75, 3.05) is 14.2 Å². The molecule has 6 aromatic rings. The van der Waals surface area contributed by atoms with Crippen molar-refractivity contribution >= 4 is 47.8 Å². The van der Waals surface area contributed by atoms with Crippen LogP contribution in [-0.2, 0) is 22.6 Å². The van der Waals surface area contributed by atoms with Gasteiger partial charge in [0, 0.05) is 28.8 Å². The Labute approximate surface area is 409 Å². The highest BCUT2D eigenvalue weighted by Gasteiger charge is 2.31. The summed E-state index contributed by atoms with van der Waals surface area (Å²) in [5.74, 6) is 2.55. The number of ether oxygens (including phenoxy) is 4. The molecular formula is C50H59Cl3N8O6. The molecule has 2 amide bonds. The minimum atomic E-state index is -0.827. The lowest BCUT2D eigenvalue weighted by atomic mass is 10.0. The van der Waals surface area contributed by atoms with Crippen molar-refractivity contribution in [1.82, 2.24) is 34.8 Å². The van der Waals surface area contributed by atoms with Crippen molar-refractivity contribution in [3.8, 4) is 57.6 Å². The molecule has 0 aliphatic heterocycles. The van der Waals surface area contributed by atoms with Crippen LogP contribution in [0, 0.1) is 0 Å². The molecule has 0 saturated heterocycles. The number of carbonyl (C=O) groups excluding carboxylic acids is 2. The number of carbonyl (C=O) groups is 2. The molecule has 0 radical (unpaired) electrons. The van der Waals surface area contributed by atoms with Crippen molar-refractivity contribution in [3.05, 3.63) is 117 Å². The lowest BCUT2D eigenvalue weighted by Gasteiger charge is -2.28. The van der Waals surface area contributed by atoms with Crippen LogP contribution in [0.5, 0.6) is 12.0 Å². The number of hydrogen-bond donors (Lipinski definition) is 1. The highest BCUT2D eigenvalue weighted by molar-refractivity contribution is 6.33. The van der Waals surface area contributed by atoms with Crippen molar-refractivity contribution in [3.63, 3.8) is 0 Å². The van der Waals surface area contributed by atoms with Crippen molar-refractivity contribution in [2.24, 2.45) is 5.73 Å². The Balaban J connectivity index is 0.000000313. The van der Waals surface area contributed by atoms with E-state index in [0.29, 0.717) is 62.6 Å². The van der Waals surface area contributed by atoms with Gasteiger partial charge in [-0.15, -0.1) is 12.4 Å². The fourth-order valence-electron chi connectivity index (χ4n) is 6.16. The van der Waals surface area contributed by atoms with Crippen LogP contribution in [0.25, 0.3) is 45.6 Å². The van der Waals surface area contributed by atoms with Gasteiger partial charge in [0.15, 0.2) is 23.3 Å². The van der Waals surface area contributed by atoms with Gasteiger partial charge in [-0.2, -0.15) is 19.9 Å². The SMILES string of the molecule is COc1nc(-c2ccc(C(C)C)cc2)nc(-c2cc(CN(C(=O)OC(C)(C)C)C(=O)OC(C)(C)C)ccc2Cl)n1.COc1nc(-c2ccc(C(C)C)cc2)nc(-c2cc(CN)ccc2Cl)n1.Cl. The smallest absolute Gasteiger partial charge is 0.420 e. The van der Waals surface area contributed by atoms with Crippen LogP contribution >= 0.6 is 35.6 Å². The van der Waals surface area contributed by atoms with Crippen LogP contribution < -0.4 is 15.2 Å². The molecular weight excluding hydrogens is 915 g/mol. The molecule has 0 fully saturated rings. The molecule has 67 heavy (non-hydrogen) atoms. The summed E-state index contributed by atoms with van der Waals surface area (Å²) in [5.41, 5.74) is 11.0. The first-order chi connectivity index (χ1) is 31.1. The first-order valence-corrected chi connectivity index (χ1v) is 22.2.